The zero-order valence-corrected chi connectivity index (χ0v) is 14.1. The molecule has 0 N–H and O–H groups in total. The number of benzene rings is 2. The number of hydrogen-bond acceptors (Lipinski definition) is 2. The van der Waals surface area contributed by atoms with E-state index in [1.807, 2.05) is 36.4 Å². The van der Waals surface area contributed by atoms with E-state index in [1.165, 1.54) is 6.42 Å². The van der Waals surface area contributed by atoms with Crippen LogP contribution in [0.4, 0.5) is 0 Å². The van der Waals surface area contributed by atoms with Gasteiger partial charge in [0.15, 0.2) is 0 Å². The van der Waals surface area contributed by atoms with Crippen LogP contribution in [-0.4, -0.2) is 18.8 Å². The van der Waals surface area contributed by atoms with Crippen LogP contribution in [-0.2, 0) is 16.6 Å². The molecule has 1 aliphatic carbocycles. The van der Waals surface area contributed by atoms with Gasteiger partial charge in [0.2, 0.25) is 10.0 Å². The Balaban J connectivity index is 1.94. The van der Waals surface area contributed by atoms with E-state index in [0.717, 1.165) is 31.2 Å². The Bertz CT molecular complexity index is 708. The van der Waals surface area contributed by atoms with Crippen LogP contribution in [0.3, 0.4) is 0 Å². The Kier molecular flexibility index (Phi) is 5.13. The van der Waals surface area contributed by atoms with Crippen LogP contribution < -0.4 is 0 Å². The maximum atomic E-state index is 13.2. The molecule has 0 aliphatic heterocycles. The number of rotatable bonds is 5. The highest BCUT2D eigenvalue weighted by atomic mass is 32.2. The molecule has 1 fully saturated rings. The van der Waals surface area contributed by atoms with Crippen LogP contribution in [0.1, 0.15) is 37.7 Å². The second-order valence-electron chi connectivity index (χ2n) is 6.14. The molecule has 0 amide bonds. The summed E-state index contributed by atoms with van der Waals surface area (Å²) in [6.07, 6.45) is 5.35. The molecule has 4 heteroatoms. The van der Waals surface area contributed by atoms with Crippen molar-refractivity contribution in [2.24, 2.45) is 0 Å². The minimum Gasteiger partial charge on any atom is -0.207 e. The second kappa shape index (κ2) is 7.28. The summed E-state index contributed by atoms with van der Waals surface area (Å²) in [5, 5.41) is 0. The largest absolute Gasteiger partial charge is 0.243 e. The van der Waals surface area contributed by atoms with Crippen molar-refractivity contribution in [2.75, 3.05) is 0 Å². The van der Waals surface area contributed by atoms with Crippen LogP contribution in [0.15, 0.2) is 65.6 Å². The van der Waals surface area contributed by atoms with Gasteiger partial charge < -0.3 is 0 Å². The Morgan fingerprint density at radius 3 is 2.00 bits per heavy atom. The van der Waals surface area contributed by atoms with Gasteiger partial charge in [-0.2, -0.15) is 4.31 Å². The smallest absolute Gasteiger partial charge is 0.207 e. The fraction of sp³-hybridized carbons (Fsp3) is 0.368. The van der Waals surface area contributed by atoms with Crippen LogP contribution in [0.5, 0.6) is 0 Å². The molecule has 0 saturated heterocycles. The van der Waals surface area contributed by atoms with E-state index in [1.54, 1.807) is 28.6 Å². The van der Waals surface area contributed by atoms with Crippen LogP contribution in [0.25, 0.3) is 0 Å². The van der Waals surface area contributed by atoms with Gasteiger partial charge in [-0.15, -0.1) is 0 Å². The summed E-state index contributed by atoms with van der Waals surface area (Å²) in [4.78, 5) is 0.390. The van der Waals surface area contributed by atoms with E-state index in [4.69, 9.17) is 0 Å². The van der Waals surface area contributed by atoms with E-state index in [2.05, 4.69) is 0 Å². The van der Waals surface area contributed by atoms with E-state index < -0.39 is 10.0 Å². The summed E-state index contributed by atoms with van der Waals surface area (Å²) in [5.41, 5.74) is 1.04. The number of hydrogen-bond donors (Lipinski definition) is 0. The van der Waals surface area contributed by atoms with Gasteiger partial charge in [0.25, 0.3) is 0 Å². The van der Waals surface area contributed by atoms with Crippen molar-refractivity contribution in [1.29, 1.82) is 0 Å². The van der Waals surface area contributed by atoms with Crippen molar-refractivity contribution in [2.45, 2.75) is 49.6 Å². The summed E-state index contributed by atoms with van der Waals surface area (Å²) in [5.74, 6) is 0. The summed E-state index contributed by atoms with van der Waals surface area (Å²) in [6, 6.07) is 18.8. The third kappa shape index (κ3) is 3.82. The Hall–Kier alpha value is -1.65. The molecule has 1 aliphatic rings. The lowest BCUT2D eigenvalue weighted by atomic mass is 9.95. The Labute approximate surface area is 139 Å². The van der Waals surface area contributed by atoms with Crippen molar-refractivity contribution >= 4 is 10.0 Å². The maximum absolute atomic E-state index is 13.2. The quantitative estimate of drug-likeness (QED) is 0.824. The topological polar surface area (TPSA) is 37.4 Å². The zero-order chi connectivity index (χ0) is 16.1. The third-order valence-corrected chi connectivity index (χ3v) is 6.43. The van der Waals surface area contributed by atoms with E-state index in [-0.39, 0.29) is 6.04 Å². The lowest BCUT2D eigenvalue weighted by Gasteiger charge is -2.33. The number of nitrogens with zero attached hydrogens (tertiary/aromatic N) is 1. The van der Waals surface area contributed by atoms with Gasteiger partial charge in [0, 0.05) is 12.6 Å². The molecule has 0 heterocycles. The van der Waals surface area contributed by atoms with Gasteiger partial charge in [0.1, 0.15) is 0 Å². The molecule has 0 atom stereocenters. The van der Waals surface area contributed by atoms with Crippen molar-refractivity contribution in [3.05, 3.63) is 66.2 Å². The average molecular weight is 329 g/mol. The molecule has 3 nitrogen and oxygen atoms in total. The molecule has 3 rings (SSSR count). The maximum Gasteiger partial charge on any atom is 0.243 e. The fourth-order valence-corrected chi connectivity index (χ4v) is 4.96. The SMILES string of the molecule is O=S(=O)(c1ccccc1)N(Cc1ccccc1)C1CCCCC1. The normalized spacial score (nSPS) is 16.6. The first kappa shape index (κ1) is 16.2. The van der Waals surface area contributed by atoms with E-state index in [9.17, 15) is 8.42 Å². The molecule has 23 heavy (non-hydrogen) atoms. The first-order valence-corrected chi connectivity index (χ1v) is 9.73. The predicted octanol–water partition coefficient (Wildman–Crippen LogP) is 4.21. The molecule has 0 spiro atoms. The molecule has 0 unspecified atom stereocenters. The first-order valence-electron chi connectivity index (χ1n) is 8.29. The van der Waals surface area contributed by atoms with Gasteiger partial charge in [0.05, 0.1) is 4.90 Å². The molecule has 0 aromatic heterocycles. The van der Waals surface area contributed by atoms with Crippen molar-refractivity contribution in [3.8, 4) is 0 Å². The van der Waals surface area contributed by atoms with Crippen molar-refractivity contribution in [3.63, 3.8) is 0 Å². The molecule has 0 bridgehead atoms. The molecule has 2 aromatic carbocycles. The molecule has 122 valence electrons. The van der Waals surface area contributed by atoms with Crippen LogP contribution >= 0.6 is 0 Å². The molecular formula is C19H23NO2S. The molecule has 0 radical (unpaired) electrons. The summed E-state index contributed by atoms with van der Waals surface area (Å²) < 4.78 is 28.0. The van der Waals surface area contributed by atoms with Crippen LogP contribution in [0.2, 0.25) is 0 Å². The standard InChI is InChI=1S/C19H23NO2S/c21-23(22,19-14-8-3-9-15-19)20(18-12-6-2-7-13-18)16-17-10-4-1-5-11-17/h1,3-5,8-11,14-15,18H,2,6-7,12-13,16H2. The van der Waals surface area contributed by atoms with Crippen molar-refractivity contribution in [1.82, 2.24) is 4.31 Å². The number of sulfonamides is 1. The summed E-state index contributed by atoms with van der Waals surface area (Å²) in [6.45, 7) is 0.447. The van der Waals surface area contributed by atoms with Gasteiger partial charge in [-0.25, -0.2) is 8.42 Å². The lowest BCUT2D eigenvalue weighted by Crippen LogP contribution is -2.40. The molecular weight excluding hydrogens is 306 g/mol. The van der Waals surface area contributed by atoms with Gasteiger partial charge in [-0.3, -0.25) is 0 Å². The van der Waals surface area contributed by atoms with E-state index >= 15 is 0 Å². The second-order valence-corrected chi connectivity index (χ2v) is 8.03. The Morgan fingerprint density at radius 1 is 0.826 bits per heavy atom. The first-order chi connectivity index (χ1) is 11.2. The highest BCUT2D eigenvalue weighted by Crippen LogP contribution is 2.29. The summed E-state index contributed by atoms with van der Waals surface area (Å²) in [7, 11) is -3.47. The van der Waals surface area contributed by atoms with Crippen LogP contribution in [0, 0.1) is 0 Å². The Morgan fingerprint density at radius 2 is 1.39 bits per heavy atom. The van der Waals surface area contributed by atoms with Gasteiger partial charge in [-0.05, 0) is 30.5 Å². The minimum atomic E-state index is -3.47. The highest BCUT2D eigenvalue weighted by molar-refractivity contribution is 7.89. The highest BCUT2D eigenvalue weighted by Gasteiger charge is 2.32. The fourth-order valence-electron chi connectivity index (χ4n) is 3.27. The van der Waals surface area contributed by atoms with Gasteiger partial charge >= 0.3 is 0 Å². The monoisotopic (exact) mass is 329 g/mol. The average Bonchev–Trinajstić information content (AvgIpc) is 2.62. The zero-order valence-electron chi connectivity index (χ0n) is 13.3. The predicted molar refractivity (Wildman–Crippen MR) is 92.5 cm³/mol. The third-order valence-electron chi connectivity index (χ3n) is 4.51. The molecule has 1 saturated carbocycles. The van der Waals surface area contributed by atoms with E-state index in [0.29, 0.717) is 11.4 Å². The summed E-state index contributed by atoms with van der Waals surface area (Å²) >= 11 is 0. The minimum absolute atomic E-state index is 0.106. The van der Waals surface area contributed by atoms with Gasteiger partial charge in [-0.1, -0.05) is 67.8 Å². The van der Waals surface area contributed by atoms with Crippen molar-refractivity contribution < 1.29 is 8.42 Å². The molecule has 2 aromatic rings. The lowest BCUT2D eigenvalue weighted by molar-refractivity contribution is 0.247.